The highest BCUT2D eigenvalue weighted by atomic mass is 79.9. The zero-order valence-electron chi connectivity index (χ0n) is 11.7. The number of nitrogens with two attached hydrogens (primary N) is 1. The molecule has 0 fully saturated rings. The first kappa shape index (κ1) is 15.6. The van der Waals surface area contributed by atoms with Crippen LogP contribution in [-0.2, 0) is 0 Å². The largest absolute Gasteiger partial charge is 0.449 e. The third-order valence-electron chi connectivity index (χ3n) is 3.07. The molecule has 0 saturated heterocycles. The number of ether oxygens (including phenoxy) is 1. The minimum atomic E-state index is -0.449. The summed E-state index contributed by atoms with van der Waals surface area (Å²) in [5.41, 5.74) is 6.13. The van der Waals surface area contributed by atoms with Crippen LogP contribution in [0.2, 0.25) is 5.02 Å². The first-order chi connectivity index (χ1) is 11.0. The van der Waals surface area contributed by atoms with Gasteiger partial charge in [-0.15, -0.1) is 0 Å². The zero-order valence-corrected chi connectivity index (χ0v) is 14.1. The molecule has 5 nitrogen and oxygen atoms in total. The van der Waals surface area contributed by atoms with E-state index in [0.717, 1.165) is 4.47 Å². The topological polar surface area (TPSA) is 70.1 Å². The van der Waals surface area contributed by atoms with E-state index in [2.05, 4.69) is 21.0 Å². The molecule has 0 bridgehead atoms. The smallest absolute Gasteiger partial charge is 0.316 e. The Bertz CT molecular complexity index is 893. The van der Waals surface area contributed by atoms with Crippen molar-refractivity contribution in [2.45, 2.75) is 0 Å². The third kappa shape index (κ3) is 3.38. The predicted molar refractivity (Wildman–Crippen MR) is 93.5 cm³/mol. The molecular weight excluding hydrogens is 382 g/mol. The fourth-order valence-corrected chi connectivity index (χ4v) is 2.33. The summed E-state index contributed by atoms with van der Waals surface area (Å²) in [6, 6.07) is 13.8. The number of nitrogens with zero attached hydrogens (tertiary/aromatic N) is 2. The lowest BCUT2D eigenvalue weighted by atomic mass is 10.3. The second-order valence-corrected chi connectivity index (χ2v) is 6.03. The van der Waals surface area contributed by atoms with E-state index in [0.29, 0.717) is 16.5 Å². The average molecular weight is 393 g/mol. The predicted octanol–water partition coefficient (Wildman–Crippen LogP) is 4.02. The molecule has 0 unspecified atom stereocenters. The molecule has 3 aromatic rings. The van der Waals surface area contributed by atoms with Gasteiger partial charge in [-0.05, 0) is 48.5 Å². The molecule has 0 aliphatic heterocycles. The summed E-state index contributed by atoms with van der Waals surface area (Å²) < 4.78 is 7.75. The molecule has 0 aliphatic rings. The molecule has 2 N–H and O–H groups in total. The van der Waals surface area contributed by atoms with Gasteiger partial charge in [0, 0.05) is 9.50 Å². The van der Waals surface area contributed by atoms with E-state index in [4.69, 9.17) is 22.1 Å². The van der Waals surface area contributed by atoms with Crippen LogP contribution in [0.3, 0.4) is 0 Å². The highest BCUT2D eigenvalue weighted by Gasteiger charge is 2.13. The normalized spacial score (nSPS) is 10.5. The number of aromatic nitrogens is 2. The van der Waals surface area contributed by atoms with E-state index >= 15 is 0 Å². The van der Waals surface area contributed by atoms with Gasteiger partial charge in [-0.25, -0.2) is 0 Å². The van der Waals surface area contributed by atoms with Crippen molar-refractivity contribution in [3.8, 4) is 17.2 Å². The van der Waals surface area contributed by atoms with E-state index in [-0.39, 0.29) is 11.4 Å². The standard InChI is InChI=1S/C16H11BrClN3O2/c17-10-1-7-13(8-2-10)23-15-14(19)9-20-21(16(15)22)12-5-3-11(18)4-6-12/h1-9H,19H2. The lowest BCUT2D eigenvalue weighted by molar-refractivity contribution is 0.470. The van der Waals surface area contributed by atoms with Gasteiger partial charge in [0.25, 0.3) is 0 Å². The molecule has 0 radical (unpaired) electrons. The summed E-state index contributed by atoms with van der Waals surface area (Å²) in [4.78, 5) is 12.6. The summed E-state index contributed by atoms with van der Waals surface area (Å²) in [5.74, 6) is 0.531. The molecule has 116 valence electrons. The van der Waals surface area contributed by atoms with Crippen LogP contribution in [0.25, 0.3) is 5.69 Å². The third-order valence-corrected chi connectivity index (χ3v) is 3.85. The second-order valence-electron chi connectivity index (χ2n) is 4.68. The molecule has 0 amide bonds. The van der Waals surface area contributed by atoms with Crippen LogP contribution in [0.4, 0.5) is 5.69 Å². The minimum Gasteiger partial charge on any atom is -0.449 e. The van der Waals surface area contributed by atoms with E-state index in [1.165, 1.54) is 10.9 Å². The van der Waals surface area contributed by atoms with E-state index in [9.17, 15) is 4.79 Å². The zero-order chi connectivity index (χ0) is 16.4. The van der Waals surface area contributed by atoms with Crippen molar-refractivity contribution in [1.82, 2.24) is 9.78 Å². The van der Waals surface area contributed by atoms with Crippen molar-refractivity contribution in [3.05, 3.63) is 74.6 Å². The summed E-state index contributed by atoms with van der Waals surface area (Å²) in [7, 11) is 0. The Kier molecular flexibility index (Phi) is 4.36. The van der Waals surface area contributed by atoms with Gasteiger partial charge in [0.1, 0.15) is 11.4 Å². The van der Waals surface area contributed by atoms with Crippen LogP contribution in [-0.4, -0.2) is 9.78 Å². The number of hydrogen-bond acceptors (Lipinski definition) is 4. The maximum Gasteiger partial charge on any atom is 0.316 e. The van der Waals surface area contributed by atoms with Crippen LogP contribution < -0.4 is 16.0 Å². The lowest BCUT2D eigenvalue weighted by Crippen LogP contribution is -2.23. The molecule has 0 spiro atoms. The number of rotatable bonds is 3. The number of halogens is 2. The highest BCUT2D eigenvalue weighted by Crippen LogP contribution is 2.25. The lowest BCUT2D eigenvalue weighted by Gasteiger charge is -2.10. The molecule has 7 heteroatoms. The monoisotopic (exact) mass is 391 g/mol. The molecule has 0 aliphatic carbocycles. The Morgan fingerprint density at radius 1 is 1.09 bits per heavy atom. The van der Waals surface area contributed by atoms with Gasteiger partial charge in [0.05, 0.1) is 11.9 Å². The molecule has 1 heterocycles. The molecular formula is C16H11BrClN3O2. The number of hydrogen-bond donors (Lipinski definition) is 1. The molecule has 23 heavy (non-hydrogen) atoms. The molecule has 0 saturated carbocycles. The Balaban J connectivity index is 2.03. The van der Waals surface area contributed by atoms with Crippen LogP contribution in [0.5, 0.6) is 11.5 Å². The number of nitrogen functional groups attached to an aromatic ring is 1. The molecule has 2 aromatic carbocycles. The van der Waals surface area contributed by atoms with Crippen molar-refractivity contribution in [2.24, 2.45) is 0 Å². The van der Waals surface area contributed by atoms with Crippen LogP contribution >= 0.6 is 27.5 Å². The number of benzene rings is 2. The van der Waals surface area contributed by atoms with Crippen molar-refractivity contribution in [1.29, 1.82) is 0 Å². The summed E-state index contributed by atoms with van der Waals surface area (Å²) in [5, 5.41) is 4.62. The maximum absolute atomic E-state index is 12.6. The highest BCUT2D eigenvalue weighted by molar-refractivity contribution is 9.10. The average Bonchev–Trinajstić information content (AvgIpc) is 2.54. The Morgan fingerprint density at radius 2 is 1.74 bits per heavy atom. The van der Waals surface area contributed by atoms with E-state index < -0.39 is 5.56 Å². The Labute approximate surface area is 145 Å². The van der Waals surface area contributed by atoms with Gasteiger partial charge in [-0.1, -0.05) is 27.5 Å². The van der Waals surface area contributed by atoms with Gasteiger partial charge >= 0.3 is 5.56 Å². The first-order valence-electron chi connectivity index (χ1n) is 6.62. The minimum absolute atomic E-state index is 0.0253. The summed E-state index contributed by atoms with van der Waals surface area (Å²) in [6.07, 6.45) is 1.38. The fourth-order valence-electron chi connectivity index (χ4n) is 1.94. The van der Waals surface area contributed by atoms with Gasteiger partial charge in [0.2, 0.25) is 5.75 Å². The van der Waals surface area contributed by atoms with Crippen LogP contribution in [0, 0.1) is 0 Å². The Hall–Kier alpha value is -2.31. The summed E-state index contributed by atoms with van der Waals surface area (Å²) in [6.45, 7) is 0. The van der Waals surface area contributed by atoms with Gasteiger partial charge in [0.15, 0.2) is 0 Å². The first-order valence-corrected chi connectivity index (χ1v) is 7.79. The van der Waals surface area contributed by atoms with Crippen LogP contribution in [0.15, 0.2) is 64.0 Å². The summed E-state index contributed by atoms with van der Waals surface area (Å²) >= 11 is 9.20. The van der Waals surface area contributed by atoms with Crippen LogP contribution in [0.1, 0.15) is 0 Å². The van der Waals surface area contributed by atoms with Gasteiger partial charge < -0.3 is 10.5 Å². The van der Waals surface area contributed by atoms with Crippen molar-refractivity contribution in [3.63, 3.8) is 0 Å². The van der Waals surface area contributed by atoms with Crippen molar-refractivity contribution >= 4 is 33.2 Å². The molecule has 1 aromatic heterocycles. The fraction of sp³-hybridized carbons (Fsp3) is 0. The maximum atomic E-state index is 12.6. The van der Waals surface area contributed by atoms with Gasteiger partial charge in [-0.3, -0.25) is 4.79 Å². The molecule has 3 rings (SSSR count). The number of anilines is 1. The van der Waals surface area contributed by atoms with E-state index in [1.54, 1.807) is 36.4 Å². The Morgan fingerprint density at radius 3 is 2.39 bits per heavy atom. The van der Waals surface area contributed by atoms with Gasteiger partial charge in [-0.2, -0.15) is 9.78 Å². The SMILES string of the molecule is Nc1cnn(-c2ccc(Cl)cc2)c(=O)c1Oc1ccc(Br)cc1. The quantitative estimate of drug-likeness (QED) is 0.731. The van der Waals surface area contributed by atoms with Crippen molar-refractivity contribution in [2.75, 3.05) is 5.73 Å². The second kappa shape index (κ2) is 6.44. The van der Waals surface area contributed by atoms with E-state index in [1.807, 2.05) is 12.1 Å². The van der Waals surface area contributed by atoms with Crippen molar-refractivity contribution < 1.29 is 4.74 Å². The molecule has 0 atom stereocenters.